The number of hydrogen-bond donors (Lipinski definition) is 1. The van der Waals surface area contributed by atoms with E-state index in [9.17, 15) is 0 Å². The summed E-state index contributed by atoms with van der Waals surface area (Å²) in [6.45, 7) is 4.37. The van der Waals surface area contributed by atoms with E-state index in [2.05, 4.69) is 23.3 Å². The predicted octanol–water partition coefficient (Wildman–Crippen LogP) is 2.98. The molecule has 0 saturated carbocycles. The van der Waals surface area contributed by atoms with E-state index in [1.165, 1.54) is 23.4 Å². The minimum atomic E-state index is 0.640. The van der Waals surface area contributed by atoms with Gasteiger partial charge < -0.3 is 5.32 Å². The molecule has 1 aliphatic rings. The van der Waals surface area contributed by atoms with Crippen molar-refractivity contribution in [2.45, 2.75) is 25.7 Å². The molecule has 3 heterocycles. The number of aromatic nitrogens is 2. The first-order valence-corrected chi connectivity index (χ1v) is 7.24. The lowest BCUT2D eigenvalue weighted by atomic mass is 9.97. The van der Waals surface area contributed by atoms with Crippen molar-refractivity contribution in [2.75, 3.05) is 13.1 Å². The Balaban J connectivity index is 1.91. The maximum absolute atomic E-state index is 4.71. The van der Waals surface area contributed by atoms with E-state index in [0.717, 1.165) is 23.7 Å². The Morgan fingerprint density at radius 2 is 2.39 bits per heavy atom. The summed E-state index contributed by atoms with van der Waals surface area (Å²) in [5.74, 6) is 0.640. The molecule has 1 unspecified atom stereocenters. The van der Waals surface area contributed by atoms with Crippen LogP contribution in [-0.2, 0) is 0 Å². The summed E-state index contributed by atoms with van der Waals surface area (Å²) in [7, 11) is 0. The zero-order valence-corrected chi connectivity index (χ0v) is 11.3. The molecule has 2 aromatic rings. The van der Waals surface area contributed by atoms with Crippen molar-refractivity contribution in [1.29, 1.82) is 0 Å². The van der Waals surface area contributed by atoms with Gasteiger partial charge in [-0.05, 0) is 38.4 Å². The van der Waals surface area contributed by atoms with Gasteiger partial charge >= 0.3 is 0 Å². The van der Waals surface area contributed by atoms with Crippen LogP contribution in [0.3, 0.4) is 0 Å². The van der Waals surface area contributed by atoms with Gasteiger partial charge in [0, 0.05) is 35.3 Å². The average Bonchev–Trinajstić information content (AvgIpc) is 2.83. The van der Waals surface area contributed by atoms with E-state index < -0.39 is 0 Å². The summed E-state index contributed by atoms with van der Waals surface area (Å²) < 4.78 is 0. The van der Waals surface area contributed by atoms with Crippen LogP contribution < -0.4 is 5.32 Å². The highest BCUT2D eigenvalue weighted by molar-refractivity contribution is 7.15. The molecular weight excluding hydrogens is 242 g/mol. The molecule has 0 amide bonds. The summed E-state index contributed by atoms with van der Waals surface area (Å²) in [4.78, 5) is 10.3. The van der Waals surface area contributed by atoms with Crippen LogP contribution in [0.5, 0.6) is 0 Å². The summed E-state index contributed by atoms with van der Waals surface area (Å²) in [6, 6.07) is 4.04. The second-order valence-electron chi connectivity index (χ2n) is 4.75. The monoisotopic (exact) mass is 259 g/mol. The molecule has 3 nitrogen and oxygen atoms in total. The number of rotatable bonds is 2. The van der Waals surface area contributed by atoms with E-state index in [4.69, 9.17) is 4.98 Å². The molecule has 1 atom stereocenters. The van der Waals surface area contributed by atoms with Crippen LogP contribution in [-0.4, -0.2) is 23.1 Å². The Bertz CT molecular complexity index is 515. The van der Waals surface area contributed by atoms with Crippen molar-refractivity contribution in [1.82, 2.24) is 15.3 Å². The summed E-state index contributed by atoms with van der Waals surface area (Å²) in [5, 5.41) is 4.57. The Kier molecular flexibility index (Phi) is 3.39. The number of hydrogen-bond acceptors (Lipinski definition) is 4. The topological polar surface area (TPSA) is 37.8 Å². The van der Waals surface area contributed by atoms with E-state index in [0.29, 0.717) is 5.92 Å². The quantitative estimate of drug-likeness (QED) is 0.901. The first kappa shape index (κ1) is 11.8. The maximum atomic E-state index is 4.71. The number of nitrogens with zero attached hydrogens (tertiary/aromatic N) is 2. The predicted molar refractivity (Wildman–Crippen MR) is 74.9 cm³/mol. The fraction of sp³-hybridized carbons (Fsp3) is 0.429. The minimum absolute atomic E-state index is 0.640. The van der Waals surface area contributed by atoms with Gasteiger partial charge in [-0.1, -0.05) is 0 Å². The van der Waals surface area contributed by atoms with Crippen LogP contribution in [0, 0.1) is 6.92 Å². The molecule has 0 aliphatic carbocycles. The molecule has 2 aromatic heterocycles. The van der Waals surface area contributed by atoms with Crippen molar-refractivity contribution in [3.63, 3.8) is 0 Å². The Morgan fingerprint density at radius 3 is 3.11 bits per heavy atom. The third-order valence-corrected chi connectivity index (χ3v) is 4.78. The Morgan fingerprint density at radius 1 is 1.44 bits per heavy atom. The number of piperidine rings is 1. The van der Waals surface area contributed by atoms with Gasteiger partial charge in [-0.3, -0.25) is 4.98 Å². The molecule has 0 bridgehead atoms. The van der Waals surface area contributed by atoms with Gasteiger partial charge in [0.15, 0.2) is 0 Å². The van der Waals surface area contributed by atoms with Crippen LogP contribution in [0.1, 0.15) is 29.3 Å². The third-order valence-electron chi connectivity index (χ3n) is 3.41. The largest absolute Gasteiger partial charge is 0.316 e. The molecule has 1 N–H and O–H groups in total. The SMILES string of the molecule is Cc1nc(-c2cccnc2)sc1C1CCCNC1. The maximum Gasteiger partial charge on any atom is 0.125 e. The molecular formula is C14H17N3S. The summed E-state index contributed by atoms with van der Waals surface area (Å²) in [6.07, 6.45) is 6.24. The standard InChI is InChI=1S/C14H17N3S/c1-10-13(11-4-2-6-15-8-11)18-14(17-10)12-5-3-7-16-9-12/h3,5,7,9,11,15H,2,4,6,8H2,1H3. The van der Waals surface area contributed by atoms with Crippen molar-refractivity contribution in [2.24, 2.45) is 0 Å². The van der Waals surface area contributed by atoms with Crippen LogP contribution in [0.4, 0.5) is 0 Å². The lowest BCUT2D eigenvalue weighted by molar-refractivity contribution is 0.464. The zero-order valence-electron chi connectivity index (χ0n) is 10.5. The fourth-order valence-electron chi connectivity index (χ4n) is 2.48. The molecule has 1 fully saturated rings. The molecule has 94 valence electrons. The Hall–Kier alpha value is -1.26. The third kappa shape index (κ3) is 2.31. The highest BCUT2D eigenvalue weighted by Crippen LogP contribution is 2.35. The van der Waals surface area contributed by atoms with Gasteiger partial charge in [0.2, 0.25) is 0 Å². The van der Waals surface area contributed by atoms with Crippen molar-refractivity contribution >= 4 is 11.3 Å². The summed E-state index contributed by atoms with van der Waals surface area (Å²) in [5.41, 5.74) is 2.31. The highest BCUT2D eigenvalue weighted by Gasteiger charge is 2.20. The lowest BCUT2D eigenvalue weighted by Gasteiger charge is -2.21. The molecule has 1 aliphatic heterocycles. The molecule has 1 saturated heterocycles. The molecule has 0 spiro atoms. The molecule has 4 heteroatoms. The van der Waals surface area contributed by atoms with Crippen molar-refractivity contribution in [3.8, 4) is 10.6 Å². The smallest absolute Gasteiger partial charge is 0.125 e. The first-order valence-electron chi connectivity index (χ1n) is 6.43. The summed E-state index contributed by atoms with van der Waals surface area (Å²) >= 11 is 1.83. The van der Waals surface area contributed by atoms with E-state index in [-0.39, 0.29) is 0 Å². The van der Waals surface area contributed by atoms with Crippen molar-refractivity contribution < 1.29 is 0 Å². The number of aryl methyl sites for hydroxylation is 1. The van der Waals surface area contributed by atoms with Gasteiger partial charge in [0.05, 0.1) is 5.69 Å². The van der Waals surface area contributed by atoms with Gasteiger partial charge in [-0.2, -0.15) is 0 Å². The zero-order chi connectivity index (χ0) is 12.4. The van der Waals surface area contributed by atoms with Crippen LogP contribution in [0.25, 0.3) is 10.6 Å². The van der Waals surface area contributed by atoms with Gasteiger partial charge in [-0.25, -0.2) is 4.98 Å². The first-order chi connectivity index (χ1) is 8.84. The minimum Gasteiger partial charge on any atom is -0.316 e. The molecule has 18 heavy (non-hydrogen) atoms. The van der Waals surface area contributed by atoms with E-state index in [1.54, 1.807) is 6.20 Å². The average molecular weight is 259 g/mol. The normalized spacial score (nSPS) is 19.9. The molecule has 3 rings (SSSR count). The number of pyridine rings is 1. The number of thiazole rings is 1. The van der Waals surface area contributed by atoms with Gasteiger partial charge in [0.25, 0.3) is 0 Å². The highest BCUT2D eigenvalue weighted by atomic mass is 32.1. The van der Waals surface area contributed by atoms with E-state index >= 15 is 0 Å². The molecule has 0 radical (unpaired) electrons. The van der Waals surface area contributed by atoms with Crippen LogP contribution >= 0.6 is 11.3 Å². The number of nitrogens with one attached hydrogen (secondary N) is 1. The van der Waals surface area contributed by atoms with E-state index in [1.807, 2.05) is 23.6 Å². The second kappa shape index (κ2) is 5.16. The van der Waals surface area contributed by atoms with Crippen molar-refractivity contribution in [3.05, 3.63) is 35.1 Å². The van der Waals surface area contributed by atoms with Crippen LogP contribution in [0.2, 0.25) is 0 Å². The Labute approximate surface area is 111 Å². The van der Waals surface area contributed by atoms with Crippen LogP contribution in [0.15, 0.2) is 24.5 Å². The van der Waals surface area contributed by atoms with Gasteiger partial charge in [0.1, 0.15) is 5.01 Å². The second-order valence-corrected chi connectivity index (χ2v) is 5.78. The van der Waals surface area contributed by atoms with Gasteiger partial charge in [-0.15, -0.1) is 11.3 Å². The fourth-order valence-corrected chi connectivity index (χ4v) is 3.67. The molecule has 0 aromatic carbocycles. The lowest BCUT2D eigenvalue weighted by Crippen LogP contribution is -2.28.